The molecule has 0 radical (unpaired) electrons. The van der Waals surface area contributed by atoms with Crippen LogP contribution in [0, 0.1) is 5.92 Å². The number of aromatic hydroxyl groups is 1. The molecule has 0 saturated heterocycles. The lowest BCUT2D eigenvalue weighted by Crippen LogP contribution is -2.31. The number of hydrogen-bond acceptors (Lipinski definition) is 5. The number of methoxy groups -OCH3 is 1. The van der Waals surface area contributed by atoms with E-state index in [1.165, 1.54) is 7.11 Å². The number of ether oxygens (including phenoxy) is 1. The Balaban J connectivity index is 1.64. The summed E-state index contributed by atoms with van der Waals surface area (Å²) < 4.78 is 5.12. The van der Waals surface area contributed by atoms with Gasteiger partial charge in [-0.25, -0.2) is 0 Å². The van der Waals surface area contributed by atoms with Crippen molar-refractivity contribution in [1.29, 1.82) is 0 Å². The predicted molar refractivity (Wildman–Crippen MR) is 109 cm³/mol. The molecule has 2 aromatic carbocycles. The lowest BCUT2D eigenvalue weighted by atomic mass is 10.0. The van der Waals surface area contributed by atoms with Crippen molar-refractivity contribution in [3.8, 4) is 11.5 Å². The van der Waals surface area contributed by atoms with E-state index < -0.39 is 0 Å². The maximum Gasteiger partial charge on any atom is 0.257 e. The van der Waals surface area contributed by atoms with E-state index in [1.54, 1.807) is 23.1 Å². The highest BCUT2D eigenvalue weighted by Gasteiger charge is 2.36. The zero-order valence-corrected chi connectivity index (χ0v) is 16.4. The van der Waals surface area contributed by atoms with E-state index in [1.807, 2.05) is 18.2 Å². The molecule has 0 bridgehead atoms. The van der Waals surface area contributed by atoms with Crippen molar-refractivity contribution in [2.45, 2.75) is 31.8 Å². The van der Waals surface area contributed by atoms with Gasteiger partial charge in [-0.05, 0) is 55.1 Å². The Morgan fingerprint density at radius 3 is 2.79 bits per heavy atom. The highest BCUT2D eigenvalue weighted by Crippen LogP contribution is 2.39. The molecule has 1 aliphatic heterocycles. The van der Waals surface area contributed by atoms with Crippen LogP contribution in [0.3, 0.4) is 0 Å². The summed E-state index contributed by atoms with van der Waals surface area (Å²) in [6.07, 6.45) is 2.36. The van der Waals surface area contributed by atoms with E-state index in [4.69, 9.17) is 10.5 Å². The maximum absolute atomic E-state index is 13.3. The lowest BCUT2D eigenvalue weighted by molar-refractivity contribution is -0.117. The first-order valence-electron chi connectivity index (χ1n) is 9.84. The summed E-state index contributed by atoms with van der Waals surface area (Å²) in [5.41, 5.74) is 8.61. The van der Waals surface area contributed by atoms with Crippen molar-refractivity contribution in [2.75, 3.05) is 19.0 Å². The summed E-state index contributed by atoms with van der Waals surface area (Å²) in [5.74, 6) is 0.296. The molecule has 1 unspecified atom stereocenters. The van der Waals surface area contributed by atoms with E-state index in [0.717, 1.165) is 24.0 Å². The van der Waals surface area contributed by atoms with Gasteiger partial charge in [-0.2, -0.15) is 0 Å². The molecule has 29 heavy (non-hydrogen) atoms. The van der Waals surface area contributed by atoms with Crippen LogP contribution in [0.1, 0.15) is 46.8 Å². The van der Waals surface area contributed by atoms with Gasteiger partial charge in [0.05, 0.1) is 24.4 Å². The van der Waals surface area contributed by atoms with Crippen LogP contribution in [0.5, 0.6) is 11.5 Å². The van der Waals surface area contributed by atoms with E-state index >= 15 is 0 Å². The molecule has 152 valence electrons. The standard InChI is InChI=1S/C22H25N3O4/c1-29-19-8-7-14(11-18(19)26)17(9-10-23)25-12-15-3-2-4-16(20(15)22(25)28)24-21(27)13-5-6-13/h2-4,7-8,11,13,17,26H,5-6,9-10,12,23H2,1H3,(H,24,27). The molecule has 1 saturated carbocycles. The van der Waals surface area contributed by atoms with E-state index in [2.05, 4.69) is 5.32 Å². The molecular weight excluding hydrogens is 370 g/mol. The summed E-state index contributed by atoms with van der Waals surface area (Å²) >= 11 is 0. The second-order valence-corrected chi connectivity index (χ2v) is 7.56. The zero-order chi connectivity index (χ0) is 20.5. The summed E-state index contributed by atoms with van der Waals surface area (Å²) in [6.45, 7) is 0.821. The van der Waals surface area contributed by atoms with Crippen LogP contribution < -0.4 is 15.8 Å². The molecule has 0 spiro atoms. The first-order valence-corrected chi connectivity index (χ1v) is 9.84. The number of benzene rings is 2. The minimum Gasteiger partial charge on any atom is -0.504 e. The van der Waals surface area contributed by atoms with Gasteiger partial charge >= 0.3 is 0 Å². The second-order valence-electron chi connectivity index (χ2n) is 7.56. The van der Waals surface area contributed by atoms with Crippen molar-refractivity contribution in [1.82, 2.24) is 4.90 Å². The highest BCUT2D eigenvalue weighted by molar-refractivity contribution is 6.07. The van der Waals surface area contributed by atoms with Gasteiger partial charge in [0.15, 0.2) is 11.5 Å². The highest BCUT2D eigenvalue weighted by atomic mass is 16.5. The Kier molecular flexibility index (Phi) is 5.15. The number of anilines is 1. The third-order valence-electron chi connectivity index (χ3n) is 5.58. The molecule has 7 heteroatoms. The van der Waals surface area contributed by atoms with Crippen LogP contribution in [0.4, 0.5) is 5.69 Å². The van der Waals surface area contributed by atoms with Gasteiger partial charge in [0.25, 0.3) is 5.91 Å². The molecule has 4 rings (SSSR count). The number of nitrogens with one attached hydrogen (secondary N) is 1. The Morgan fingerprint density at radius 1 is 1.34 bits per heavy atom. The molecule has 1 fully saturated rings. The Hall–Kier alpha value is -3.06. The number of nitrogens with two attached hydrogens (primary N) is 1. The summed E-state index contributed by atoms with van der Waals surface area (Å²) in [4.78, 5) is 27.3. The minimum absolute atomic E-state index is 0.0218. The molecule has 2 aliphatic rings. The fourth-order valence-corrected chi connectivity index (χ4v) is 3.89. The zero-order valence-electron chi connectivity index (χ0n) is 16.4. The number of rotatable bonds is 7. The van der Waals surface area contributed by atoms with Crippen LogP contribution in [0.15, 0.2) is 36.4 Å². The van der Waals surface area contributed by atoms with Crippen LogP contribution in [-0.2, 0) is 11.3 Å². The Labute approximate surface area is 169 Å². The number of hydrogen-bond donors (Lipinski definition) is 3. The van der Waals surface area contributed by atoms with Crippen LogP contribution in [0.2, 0.25) is 0 Å². The molecular formula is C22H25N3O4. The van der Waals surface area contributed by atoms with Gasteiger partial charge in [-0.1, -0.05) is 18.2 Å². The average Bonchev–Trinajstić information content (AvgIpc) is 3.51. The van der Waals surface area contributed by atoms with Crippen LogP contribution in [0.25, 0.3) is 0 Å². The summed E-state index contributed by atoms with van der Waals surface area (Å²) in [7, 11) is 1.49. The van der Waals surface area contributed by atoms with Crippen molar-refractivity contribution in [3.63, 3.8) is 0 Å². The monoisotopic (exact) mass is 395 g/mol. The van der Waals surface area contributed by atoms with Gasteiger partial charge < -0.3 is 25.8 Å². The quantitative estimate of drug-likeness (QED) is 0.669. The molecule has 1 atom stereocenters. The number of phenols is 1. The number of phenolic OH excluding ortho intramolecular Hbond substituents is 1. The van der Waals surface area contributed by atoms with Gasteiger partial charge in [-0.15, -0.1) is 0 Å². The molecule has 7 nitrogen and oxygen atoms in total. The van der Waals surface area contributed by atoms with E-state index in [-0.39, 0.29) is 29.5 Å². The topological polar surface area (TPSA) is 105 Å². The fraction of sp³-hybridized carbons (Fsp3) is 0.364. The smallest absolute Gasteiger partial charge is 0.257 e. The van der Waals surface area contributed by atoms with Gasteiger partial charge in [0.2, 0.25) is 5.91 Å². The van der Waals surface area contributed by atoms with Crippen LogP contribution in [-0.4, -0.2) is 35.5 Å². The molecule has 0 aromatic heterocycles. The number of nitrogens with zero attached hydrogens (tertiary/aromatic N) is 1. The molecule has 4 N–H and O–H groups in total. The number of fused-ring (bicyclic) bond motifs is 1. The minimum atomic E-state index is -0.288. The van der Waals surface area contributed by atoms with Gasteiger partial charge in [0.1, 0.15) is 0 Å². The van der Waals surface area contributed by atoms with Crippen molar-refractivity contribution >= 4 is 17.5 Å². The van der Waals surface area contributed by atoms with E-state index in [9.17, 15) is 14.7 Å². The molecule has 2 amide bonds. The summed E-state index contributed by atoms with van der Waals surface area (Å²) in [6, 6.07) is 10.4. The average molecular weight is 395 g/mol. The maximum atomic E-state index is 13.3. The Morgan fingerprint density at radius 2 is 2.14 bits per heavy atom. The number of amides is 2. The van der Waals surface area contributed by atoms with Crippen molar-refractivity contribution in [2.24, 2.45) is 11.7 Å². The lowest BCUT2D eigenvalue weighted by Gasteiger charge is -2.28. The third-order valence-corrected chi connectivity index (χ3v) is 5.58. The SMILES string of the molecule is COc1ccc(C(CCN)N2Cc3cccc(NC(=O)C4CC4)c3C2=O)cc1O. The van der Waals surface area contributed by atoms with Crippen molar-refractivity contribution in [3.05, 3.63) is 53.1 Å². The summed E-state index contributed by atoms with van der Waals surface area (Å²) in [5, 5.41) is 13.1. The van der Waals surface area contributed by atoms with Crippen molar-refractivity contribution < 1.29 is 19.4 Å². The molecule has 1 heterocycles. The molecule has 1 aliphatic carbocycles. The van der Waals surface area contributed by atoms with Gasteiger partial charge in [0, 0.05) is 12.5 Å². The third kappa shape index (κ3) is 3.65. The van der Waals surface area contributed by atoms with E-state index in [0.29, 0.717) is 36.5 Å². The Bertz CT molecular complexity index is 955. The van der Waals surface area contributed by atoms with Crippen LogP contribution >= 0.6 is 0 Å². The second kappa shape index (κ2) is 7.75. The molecule has 2 aromatic rings. The normalized spacial score (nSPS) is 16.5. The number of carbonyl (C=O) groups excluding carboxylic acids is 2. The fourth-order valence-electron chi connectivity index (χ4n) is 3.89. The first kappa shape index (κ1) is 19.3. The van der Waals surface area contributed by atoms with Gasteiger partial charge in [-0.3, -0.25) is 9.59 Å². The predicted octanol–water partition coefficient (Wildman–Crippen LogP) is 2.80. The number of carbonyl (C=O) groups is 2. The largest absolute Gasteiger partial charge is 0.504 e. The first-order chi connectivity index (χ1) is 14.0.